The van der Waals surface area contributed by atoms with Crippen molar-refractivity contribution in [2.75, 3.05) is 17.0 Å². The van der Waals surface area contributed by atoms with Crippen LogP contribution in [0.2, 0.25) is 0 Å². The number of anilines is 3. The molecule has 0 radical (unpaired) electrons. The van der Waals surface area contributed by atoms with Gasteiger partial charge in [-0.3, -0.25) is 9.80 Å². The minimum atomic E-state index is -0.0500. The van der Waals surface area contributed by atoms with Crippen LogP contribution >= 0.6 is 0 Å². The summed E-state index contributed by atoms with van der Waals surface area (Å²) in [7, 11) is 1.76. The summed E-state index contributed by atoms with van der Waals surface area (Å²) in [5.74, 6) is 6.09. The van der Waals surface area contributed by atoms with Crippen LogP contribution < -0.4 is 15.8 Å². The van der Waals surface area contributed by atoms with Crippen LogP contribution in [-0.4, -0.2) is 13.0 Å². The van der Waals surface area contributed by atoms with Crippen LogP contribution in [0, 0.1) is 0 Å². The third-order valence-electron chi connectivity index (χ3n) is 3.20. The number of hydrogen-bond donors (Lipinski definition) is 1. The van der Waals surface area contributed by atoms with Gasteiger partial charge in [0.2, 0.25) is 0 Å². The Bertz CT molecular complexity index is 625. The molecule has 0 spiro atoms. The second-order valence-electron chi connectivity index (χ2n) is 4.24. The van der Waals surface area contributed by atoms with E-state index in [4.69, 9.17) is 5.84 Å². The van der Waals surface area contributed by atoms with Gasteiger partial charge in [0.15, 0.2) is 0 Å². The maximum absolute atomic E-state index is 12.4. The lowest BCUT2D eigenvalue weighted by molar-refractivity contribution is 0.0994. The highest BCUT2D eigenvalue weighted by atomic mass is 16.2. The zero-order valence-electron chi connectivity index (χ0n) is 12.0. The van der Waals surface area contributed by atoms with Crippen molar-refractivity contribution in [2.24, 2.45) is 5.84 Å². The number of rotatable bonds is 0. The molecule has 0 fully saturated rings. The zero-order valence-corrected chi connectivity index (χ0v) is 12.0. The van der Waals surface area contributed by atoms with Crippen molar-refractivity contribution in [2.45, 2.75) is 13.8 Å². The zero-order chi connectivity index (χ0) is 14.7. The molecule has 0 saturated carbocycles. The second kappa shape index (κ2) is 5.75. The molecular weight excluding hydrogens is 250 g/mol. The second-order valence-corrected chi connectivity index (χ2v) is 4.24. The van der Waals surface area contributed by atoms with Crippen molar-refractivity contribution < 1.29 is 4.79 Å². The van der Waals surface area contributed by atoms with Crippen molar-refractivity contribution in [1.82, 2.24) is 0 Å². The maximum atomic E-state index is 12.4. The summed E-state index contributed by atoms with van der Waals surface area (Å²) < 4.78 is 0. The van der Waals surface area contributed by atoms with Crippen molar-refractivity contribution in [3.8, 4) is 0 Å². The van der Waals surface area contributed by atoms with Crippen LogP contribution in [0.3, 0.4) is 0 Å². The van der Waals surface area contributed by atoms with Gasteiger partial charge in [-0.15, -0.1) is 0 Å². The third-order valence-corrected chi connectivity index (χ3v) is 3.20. The SMILES string of the molecule is CC.CN1C(=O)c2ccccc2N(N)c2ccccc21. The van der Waals surface area contributed by atoms with Gasteiger partial charge in [-0.25, -0.2) is 5.84 Å². The molecule has 0 unspecified atom stereocenters. The molecular formula is C16H19N3O. The van der Waals surface area contributed by atoms with Crippen LogP contribution in [0.4, 0.5) is 17.1 Å². The van der Waals surface area contributed by atoms with Gasteiger partial charge in [0.05, 0.1) is 22.6 Å². The van der Waals surface area contributed by atoms with Crippen molar-refractivity contribution >= 4 is 23.0 Å². The van der Waals surface area contributed by atoms with E-state index in [2.05, 4.69) is 0 Å². The van der Waals surface area contributed by atoms with E-state index >= 15 is 0 Å². The van der Waals surface area contributed by atoms with E-state index in [1.807, 2.05) is 56.3 Å². The molecule has 20 heavy (non-hydrogen) atoms. The summed E-state index contributed by atoms with van der Waals surface area (Å²) in [5.41, 5.74) is 2.96. The average molecular weight is 269 g/mol. The Labute approximate surface area is 119 Å². The Morgan fingerprint density at radius 2 is 1.35 bits per heavy atom. The van der Waals surface area contributed by atoms with Gasteiger partial charge < -0.3 is 4.90 Å². The summed E-state index contributed by atoms with van der Waals surface area (Å²) in [6, 6.07) is 15.0. The first-order valence-corrected chi connectivity index (χ1v) is 6.71. The highest BCUT2D eigenvalue weighted by Crippen LogP contribution is 2.37. The predicted molar refractivity (Wildman–Crippen MR) is 83.3 cm³/mol. The third kappa shape index (κ3) is 2.14. The van der Waals surface area contributed by atoms with E-state index in [0.717, 1.165) is 17.1 Å². The Morgan fingerprint density at radius 3 is 2.00 bits per heavy atom. The lowest BCUT2D eigenvalue weighted by Crippen LogP contribution is -2.25. The number of nitrogens with zero attached hydrogens (tertiary/aromatic N) is 2. The Hall–Kier alpha value is -2.33. The molecule has 3 rings (SSSR count). The number of fused-ring (bicyclic) bond motifs is 2. The van der Waals surface area contributed by atoms with Gasteiger partial charge in [0.25, 0.3) is 5.91 Å². The first kappa shape index (κ1) is 14.1. The molecule has 2 aromatic carbocycles. The number of hydrogen-bond acceptors (Lipinski definition) is 3. The fraction of sp³-hybridized carbons (Fsp3) is 0.188. The Balaban J connectivity index is 0.000000704. The quantitative estimate of drug-likeness (QED) is 0.746. The number of hydrazine groups is 1. The van der Waals surface area contributed by atoms with E-state index in [1.165, 1.54) is 0 Å². The van der Waals surface area contributed by atoms with Gasteiger partial charge in [-0.05, 0) is 24.3 Å². The number of carbonyl (C=O) groups is 1. The number of nitrogens with two attached hydrogens (primary N) is 1. The van der Waals surface area contributed by atoms with E-state index in [-0.39, 0.29) is 5.91 Å². The van der Waals surface area contributed by atoms with Crippen molar-refractivity contribution in [1.29, 1.82) is 0 Å². The molecule has 1 amide bonds. The maximum Gasteiger partial charge on any atom is 0.260 e. The fourth-order valence-corrected chi connectivity index (χ4v) is 2.24. The largest absolute Gasteiger partial charge is 0.309 e. The summed E-state index contributed by atoms with van der Waals surface area (Å²) >= 11 is 0. The highest BCUT2D eigenvalue weighted by molar-refractivity contribution is 6.13. The lowest BCUT2D eigenvalue weighted by atomic mass is 10.1. The van der Waals surface area contributed by atoms with Gasteiger partial charge in [0, 0.05) is 7.05 Å². The van der Waals surface area contributed by atoms with Crippen LogP contribution in [-0.2, 0) is 0 Å². The lowest BCUT2D eigenvalue weighted by Gasteiger charge is -2.21. The molecule has 104 valence electrons. The van der Waals surface area contributed by atoms with E-state index in [1.54, 1.807) is 23.0 Å². The summed E-state index contributed by atoms with van der Waals surface area (Å²) in [6.07, 6.45) is 0. The molecule has 1 aliphatic rings. The topological polar surface area (TPSA) is 49.6 Å². The normalized spacial score (nSPS) is 12.9. The first-order chi connectivity index (χ1) is 9.70. The number of para-hydroxylation sites is 3. The number of amides is 1. The first-order valence-electron chi connectivity index (χ1n) is 6.71. The smallest absolute Gasteiger partial charge is 0.260 e. The molecule has 4 heteroatoms. The highest BCUT2D eigenvalue weighted by Gasteiger charge is 2.26. The van der Waals surface area contributed by atoms with Crippen LogP contribution in [0.15, 0.2) is 48.5 Å². The van der Waals surface area contributed by atoms with Crippen LogP contribution in [0.1, 0.15) is 24.2 Å². The molecule has 0 bridgehead atoms. The fourth-order valence-electron chi connectivity index (χ4n) is 2.24. The van der Waals surface area contributed by atoms with E-state index in [9.17, 15) is 4.79 Å². The summed E-state index contributed by atoms with van der Waals surface area (Å²) in [4.78, 5) is 14.0. The molecule has 1 aliphatic heterocycles. The Kier molecular flexibility index (Phi) is 4.05. The van der Waals surface area contributed by atoms with Crippen LogP contribution in [0.25, 0.3) is 0 Å². The monoisotopic (exact) mass is 269 g/mol. The van der Waals surface area contributed by atoms with Gasteiger partial charge in [0.1, 0.15) is 0 Å². The average Bonchev–Trinajstić information content (AvgIpc) is 2.61. The van der Waals surface area contributed by atoms with E-state index < -0.39 is 0 Å². The minimum absolute atomic E-state index is 0.0500. The van der Waals surface area contributed by atoms with Gasteiger partial charge in [-0.2, -0.15) is 0 Å². The van der Waals surface area contributed by atoms with Crippen LogP contribution in [0.5, 0.6) is 0 Å². The molecule has 0 atom stereocenters. The van der Waals surface area contributed by atoms with Crippen molar-refractivity contribution in [3.63, 3.8) is 0 Å². The molecule has 2 N–H and O–H groups in total. The van der Waals surface area contributed by atoms with Gasteiger partial charge in [-0.1, -0.05) is 38.1 Å². The molecule has 0 aromatic heterocycles. The minimum Gasteiger partial charge on any atom is -0.309 e. The van der Waals surface area contributed by atoms with Crippen molar-refractivity contribution in [3.05, 3.63) is 54.1 Å². The molecule has 2 aromatic rings. The molecule has 1 heterocycles. The number of benzene rings is 2. The Morgan fingerprint density at radius 1 is 0.850 bits per heavy atom. The summed E-state index contributed by atoms with van der Waals surface area (Å²) in [5, 5.41) is 1.56. The molecule has 0 aliphatic carbocycles. The number of carbonyl (C=O) groups excluding carboxylic acids is 1. The van der Waals surface area contributed by atoms with Gasteiger partial charge >= 0.3 is 0 Å². The molecule has 0 saturated heterocycles. The van der Waals surface area contributed by atoms with E-state index in [0.29, 0.717) is 5.56 Å². The molecule has 4 nitrogen and oxygen atoms in total. The summed E-state index contributed by atoms with van der Waals surface area (Å²) in [6.45, 7) is 4.00. The standard InChI is InChI=1S/C14H13N3O.C2H6/c1-16-12-8-4-5-9-13(12)17(15)11-7-3-2-6-10(11)14(16)18;1-2/h2-9H,15H2,1H3;1-2H3. The predicted octanol–water partition coefficient (Wildman–Crippen LogP) is 3.31.